The average molecular weight is 264 g/mol. The van der Waals surface area contributed by atoms with Crippen molar-refractivity contribution in [2.45, 2.75) is 33.2 Å². The lowest BCUT2D eigenvalue weighted by Crippen LogP contribution is -2.46. The van der Waals surface area contributed by atoms with Gasteiger partial charge in [-0.3, -0.25) is 9.59 Å². The molecule has 2 N–H and O–H groups in total. The zero-order chi connectivity index (χ0) is 14.5. The lowest BCUT2D eigenvalue weighted by molar-refractivity contribution is -0.137. The van der Waals surface area contributed by atoms with E-state index < -0.39 is 17.4 Å². The molecule has 0 heterocycles. The molecule has 0 atom stereocenters. The van der Waals surface area contributed by atoms with Crippen LogP contribution in [0.4, 0.5) is 5.69 Å². The number of hydrogen-bond donors (Lipinski definition) is 2. The van der Waals surface area contributed by atoms with E-state index in [0.29, 0.717) is 12.3 Å². The SMILES string of the molecule is CCOc1ccc(NC(=O)C(=O)NC(C)(C)C)cc1. The van der Waals surface area contributed by atoms with E-state index in [-0.39, 0.29) is 0 Å². The summed E-state index contributed by atoms with van der Waals surface area (Å²) in [4.78, 5) is 23.2. The lowest BCUT2D eigenvalue weighted by Gasteiger charge is -2.19. The second-order valence-electron chi connectivity index (χ2n) is 5.12. The van der Waals surface area contributed by atoms with E-state index in [1.54, 1.807) is 24.3 Å². The van der Waals surface area contributed by atoms with Crippen molar-refractivity contribution in [1.29, 1.82) is 0 Å². The van der Waals surface area contributed by atoms with Crippen LogP contribution in [0.5, 0.6) is 5.75 Å². The summed E-state index contributed by atoms with van der Waals surface area (Å²) < 4.78 is 5.29. The number of benzene rings is 1. The molecule has 0 saturated carbocycles. The summed E-state index contributed by atoms with van der Waals surface area (Å²) in [6, 6.07) is 6.85. The number of hydrogen-bond acceptors (Lipinski definition) is 3. The quantitative estimate of drug-likeness (QED) is 0.820. The monoisotopic (exact) mass is 264 g/mol. The highest BCUT2D eigenvalue weighted by molar-refractivity contribution is 6.39. The first-order valence-electron chi connectivity index (χ1n) is 6.18. The van der Waals surface area contributed by atoms with Gasteiger partial charge in [0.25, 0.3) is 0 Å². The summed E-state index contributed by atoms with van der Waals surface area (Å²) in [5.41, 5.74) is 0.116. The fourth-order valence-corrected chi connectivity index (χ4v) is 1.39. The smallest absolute Gasteiger partial charge is 0.313 e. The molecule has 0 bridgehead atoms. The Balaban J connectivity index is 2.59. The molecule has 0 saturated heterocycles. The minimum atomic E-state index is -0.681. The Kier molecular flexibility index (Phi) is 4.92. The van der Waals surface area contributed by atoms with E-state index in [1.165, 1.54) is 0 Å². The van der Waals surface area contributed by atoms with Crippen molar-refractivity contribution in [3.8, 4) is 5.75 Å². The summed E-state index contributed by atoms with van der Waals surface area (Å²) >= 11 is 0. The minimum Gasteiger partial charge on any atom is -0.494 e. The number of amides is 2. The highest BCUT2D eigenvalue weighted by Gasteiger charge is 2.20. The molecule has 0 fully saturated rings. The maximum Gasteiger partial charge on any atom is 0.313 e. The van der Waals surface area contributed by atoms with Gasteiger partial charge in [-0.2, -0.15) is 0 Å². The van der Waals surface area contributed by atoms with Crippen LogP contribution in [0.15, 0.2) is 24.3 Å². The Labute approximate surface area is 113 Å². The summed E-state index contributed by atoms with van der Waals surface area (Å²) in [6.07, 6.45) is 0. The van der Waals surface area contributed by atoms with Gasteiger partial charge in [0.1, 0.15) is 5.75 Å². The molecule has 5 heteroatoms. The maximum atomic E-state index is 11.6. The van der Waals surface area contributed by atoms with E-state index in [1.807, 2.05) is 27.7 Å². The maximum absolute atomic E-state index is 11.6. The Morgan fingerprint density at radius 2 is 1.68 bits per heavy atom. The van der Waals surface area contributed by atoms with Gasteiger partial charge in [0, 0.05) is 11.2 Å². The molecule has 0 aliphatic rings. The summed E-state index contributed by atoms with van der Waals surface area (Å²) in [5.74, 6) is -0.611. The van der Waals surface area contributed by atoms with Crippen molar-refractivity contribution in [2.75, 3.05) is 11.9 Å². The van der Waals surface area contributed by atoms with Crippen molar-refractivity contribution in [3.63, 3.8) is 0 Å². The molecule has 104 valence electrons. The van der Waals surface area contributed by atoms with Gasteiger partial charge in [0.05, 0.1) is 6.61 Å². The largest absolute Gasteiger partial charge is 0.494 e. The zero-order valence-corrected chi connectivity index (χ0v) is 11.7. The van der Waals surface area contributed by atoms with Gasteiger partial charge in [-0.05, 0) is 52.0 Å². The van der Waals surface area contributed by atoms with Crippen LogP contribution >= 0.6 is 0 Å². The normalized spacial score (nSPS) is 10.7. The first-order chi connectivity index (χ1) is 8.81. The number of nitrogens with one attached hydrogen (secondary N) is 2. The number of carbonyl (C=O) groups excluding carboxylic acids is 2. The van der Waals surface area contributed by atoms with Crippen LogP contribution in [-0.2, 0) is 9.59 Å². The van der Waals surface area contributed by atoms with Crippen molar-refractivity contribution in [2.24, 2.45) is 0 Å². The molecule has 0 unspecified atom stereocenters. The van der Waals surface area contributed by atoms with Crippen LogP contribution in [0.25, 0.3) is 0 Å². The summed E-state index contributed by atoms with van der Waals surface area (Å²) in [7, 11) is 0. The zero-order valence-electron chi connectivity index (χ0n) is 11.7. The molecule has 0 radical (unpaired) electrons. The fourth-order valence-electron chi connectivity index (χ4n) is 1.39. The molecule has 1 aromatic carbocycles. The Hall–Kier alpha value is -2.04. The standard InChI is InChI=1S/C14H20N2O3/c1-5-19-11-8-6-10(7-9-11)15-12(17)13(18)16-14(2,3)4/h6-9H,5H2,1-4H3,(H,15,17)(H,16,18). The van der Waals surface area contributed by atoms with E-state index in [0.717, 1.165) is 5.75 Å². The Bertz CT molecular complexity index is 447. The number of anilines is 1. The van der Waals surface area contributed by atoms with Crippen LogP contribution in [0.2, 0.25) is 0 Å². The minimum absolute atomic E-state index is 0.437. The van der Waals surface area contributed by atoms with Gasteiger partial charge >= 0.3 is 11.8 Å². The molecule has 5 nitrogen and oxygen atoms in total. The third-order valence-corrected chi connectivity index (χ3v) is 2.12. The van der Waals surface area contributed by atoms with Gasteiger partial charge in [-0.15, -0.1) is 0 Å². The van der Waals surface area contributed by atoms with Crippen LogP contribution < -0.4 is 15.4 Å². The van der Waals surface area contributed by atoms with Gasteiger partial charge < -0.3 is 15.4 Å². The number of rotatable bonds is 3. The Morgan fingerprint density at radius 3 is 2.16 bits per heavy atom. The molecule has 0 aromatic heterocycles. The van der Waals surface area contributed by atoms with E-state index in [4.69, 9.17) is 4.74 Å². The van der Waals surface area contributed by atoms with Crippen molar-refractivity contribution in [3.05, 3.63) is 24.3 Å². The highest BCUT2D eigenvalue weighted by atomic mass is 16.5. The summed E-state index contributed by atoms with van der Waals surface area (Å²) in [5, 5.41) is 5.12. The van der Waals surface area contributed by atoms with Crippen LogP contribution in [0.3, 0.4) is 0 Å². The first-order valence-corrected chi connectivity index (χ1v) is 6.18. The van der Waals surface area contributed by atoms with Crippen LogP contribution in [0.1, 0.15) is 27.7 Å². The molecule has 1 rings (SSSR count). The van der Waals surface area contributed by atoms with Gasteiger partial charge in [-0.25, -0.2) is 0 Å². The third-order valence-electron chi connectivity index (χ3n) is 2.12. The fraction of sp³-hybridized carbons (Fsp3) is 0.429. The summed E-state index contributed by atoms with van der Waals surface area (Å²) in [6.45, 7) is 7.92. The molecular weight excluding hydrogens is 244 g/mol. The molecule has 0 aliphatic carbocycles. The second-order valence-corrected chi connectivity index (χ2v) is 5.12. The molecular formula is C14H20N2O3. The van der Waals surface area contributed by atoms with Crippen molar-refractivity contribution < 1.29 is 14.3 Å². The van der Waals surface area contributed by atoms with Gasteiger partial charge in [-0.1, -0.05) is 0 Å². The first kappa shape index (κ1) is 15.0. The Morgan fingerprint density at radius 1 is 1.11 bits per heavy atom. The average Bonchev–Trinajstić information content (AvgIpc) is 2.29. The molecule has 0 aliphatic heterocycles. The predicted octanol–water partition coefficient (Wildman–Crippen LogP) is 1.94. The topological polar surface area (TPSA) is 67.4 Å². The predicted molar refractivity (Wildman–Crippen MR) is 74.1 cm³/mol. The lowest BCUT2D eigenvalue weighted by atomic mass is 10.1. The molecule has 0 spiro atoms. The molecule has 2 amide bonds. The molecule has 1 aromatic rings. The van der Waals surface area contributed by atoms with Crippen LogP contribution in [0, 0.1) is 0 Å². The van der Waals surface area contributed by atoms with Crippen molar-refractivity contribution >= 4 is 17.5 Å². The van der Waals surface area contributed by atoms with E-state index in [2.05, 4.69) is 10.6 Å². The van der Waals surface area contributed by atoms with Crippen LogP contribution in [-0.4, -0.2) is 24.0 Å². The van der Waals surface area contributed by atoms with E-state index >= 15 is 0 Å². The number of ether oxygens (including phenoxy) is 1. The third kappa shape index (κ3) is 5.42. The van der Waals surface area contributed by atoms with Crippen molar-refractivity contribution in [1.82, 2.24) is 5.32 Å². The van der Waals surface area contributed by atoms with Gasteiger partial charge in [0.15, 0.2) is 0 Å². The second kappa shape index (κ2) is 6.22. The number of carbonyl (C=O) groups is 2. The molecule has 19 heavy (non-hydrogen) atoms. The van der Waals surface area contributed by atoms with E-state index in [9.17, 15) is 9.59 Å². The van der Waals surface area contributed by atoms with Gasteiger partial charge in [0.2, 0.25) is 0 Å². The highest BCUT2D eigenvalue weighted by Crippen LogP contribution is 2.15.